The zero-order valence-electron chi connectivity index (χ0n) is 10.9. The van der Waals surface area contributed by atoms with Crippen LogP contribution in [0.25, 0.3) is 0 Å². The molecular weight excluding hydrogens is 278 g/mol. The summed E-state index contributed by atoms with van der Waals surface area (Å²) in [6, 6.07) is 4.77. The monoisotopic (exact) mass is 291 g/mol. The Morgan fingerprint density at radius 1 is 1.30 bits per heavy atom. The second kappa shape index (κ2) is 5.70. The smallest absolute Gasteiger partial charge is 0.275 e. The predicted molar refractivity (Wildman–Crippen MR) is 77.2 cm³/mol. The fourth-order valence-corrected chi connectivity index (χ4v) is 2.25. The molecule has 3 N–H and O–H groups in total. The number of thiazole rings is 1. The molecular formula is C13H13N3O3S. The van der Waals surface area contributed by atoms with Gasteiger partial charge in [0.2, 0.25) is 5.91 Å². The van der Waals surface area contributed by atoms with Crippen molar-refractivity contribution in [3.8, 4) is 5.75 Å². The number of nitrogens with one attached hydrogen (secondary N) is 2. The maximum Gasteiger partial charge on any atom is 0.275 e. The molecule has 20 heavy (non-hydrogen) atoms. The molecule has 0 aliphatic rings. The van der Waals surface area contributed by atoms with E-state index in [4.69, 9.17) is 0 Å². The SMILES string of the molecule is CC(=O)Nc1nc(C(=O)Nc2ccc(O)c(C)c2)cs1. The van der Waals surface area contributed by atoms with Crippen molar-refractivity contribution in [2.45, 2.75) is 13.8 Å². The lowest BCUT2D eigenvalue weighted by Crippen LogP contribution is -2.13. The van der Waals surface area contributed by atoms with E-state index in [0.717, 1.165) is 0 Å². The van der Waals surface area contributed by atoms with E-state index in [-0.39, 0.29) is 23.3 Å². The Labute approximate surface area is 119 Å². The van der Waals surface area contributed by atoms with Crippen LogP contribution in [0.4, 0.5) is 10.8 Å². The molecule has 0 unspecified atom stereocenters. The highest BCUT2D eigenvalue weighted by Gasteiger charge is 2.12. The topological polar surface area (TPSA) is 91.3 Å². The number of hydrogen-bond donors (Lipinski definition) is 3. The van der Waals surface area contributed by atoms with Crippen molar-refractivity contribution < 1.29 is 14.7 Å². The molecule has 0 bridgehead atoms. The van der Waals surface area contributed by atoms with E-state index in [1.54, 1.807) is 24.4 Å². The summed E-state index contributed by atoms with van der Waals surface area (Å²) >= 11 is 1.18. The fraction of sp³-hybridized carbons (Fsp3) is 0.154. The Morgan fingerprint density at radius 3 is 2.70 bits per heavy atom. The first-order chi connectivity index (χ1) is 9.45. The number of aryl methyl sites for hydroxylation is 1. The fourth-order valence-electron chi connectivity index (χ4n) is 1.51. The van der Waals surface area contributed by atoms with Crippen molar-refractivity contribution in [1.29, 1.82) is 0 Å². The van der Waals surface area contributed by atoms with E-state index in [9.17, 15) is 14.7 Å². The van der Waals surface area contributed by atoms with Gasteiger partial charge in [-0.2, -0.15) is 0 Å². The first-order valence-corrected chi connectivity index (χ1v) is 6.68. The minimum Gasteiger partial charge on any atom is -0.508 e. The van der Waals surface area contributed by atoms with Gasteiger partial charge < -0.3 is 15.7 Å². The van der Waals surface area contributed by atoms with Crippen molar-refractivity contribution in [1.82, 2.24) is 4.98 Å². The van der Waals surface area contributed by atoms with Gasteiger partial charge in [-0.3, -0.25) is 9.59 Å². The van der Waals surface area contributed by atoms with Crippen molar-refractivity contribution in [3.63, 3.8) is 0 Å². The zero-order chi connectivity index (χ0) is 14.7. The quantitative estimate of drug-likeness (QED) is 0.757. The summed E-state index contributed by atoms with van der Waals surface area (Å²) in [6.45, 7) is 3.11. The van der Waals surface area contributed by atoms with Crippen LogP contribution in [0, 0.1) is 6.92 Å². The molecule has 7 heteroatoms. The molecule has 1 aromatic carbocycles. The van der Waals surface area contributed by atoms with Gasteiger partial charge >= 0.3 is 0 Å². The zero-order valence-corrected chi connectivity index (χ0v) is 11.7. The van der Waals surface area contributed by atoms with Crippen molar-refractivity contribution in [2.75, 3.05) is 10.6 Å². The van der Waals surface area contributed by atoms with Crippen LogP contribution in [-0.2, 0) is 4.79 Å². The van der Waals surface area contributed by atoms with Crippen molar-refractivity contribution in [3.05, 3.63) is 34.8 Å². The van der Waals surface area contributed by atoms with Crippen LogP contribution in [-0.4, -0.2) is 21.9 Å². The summed E-state index contributed by atoms with van der Waals surface area (Å²) in [6.07, 6.45) is 0. The Balaban J connectivity index is 2.09. The highest BCUT2D eigenvalue weighted by atomic mass is 32.1. The Kier molecular flexibility index (Phi) is 3.99. The molecule has 0 aliphatic heterocycles. The molecule has 2 aromatic rings. The maximum absolute atomic E-state index is 12.0. The average Bonchev–Trinajstić information content (AvgIpc) is 2.81. The van der Waals surface area contributed by atoms with Gasteiger partial charge in [0, 0.05) is 18.0 Å². The summed E-state index contributed by atoms with van der Waals surface area (Å²) in [4.78, 5) is 26.9. The number of phenols is 1. The summed E-state index contributed by atoms with van der Waals surface area (Å²) < 4.78 is 0. The minimum absolute atomic E-state index is 0.171. The standard InChI is InChI=1S/C13H13N3O3S/c1-7-5-9(3-4-11(7)18)15-12(19)10-6-20-13(16-10)14-8(2)17/h3-6,18H,1-2H3,(H,15,19)(H,14,16,17). The predicted octanol–water partition coefficient (Wildman–Crippen LogP) is 2.37. The summed E-state index contributed by atoms with van der Waals surface area (Å²) in [5.74, 6) is -0.437. The normalized spacial score (nSPS) is 10.1. The van der Waals surface area contributed by atoms with Crippen molar-refractivity contribution >= 4 is 34.0 Å². The van der Waals surface area contributed by atoms with Gasteiger partial charge in [0.25, 0.3) is 5.91 Å². The number of rotatable bonds is 3. The molecule has 0 saturated carbocycles. The van der Waals surface area contributed by atoms with E-state index in [2.05, 4.69) is 15.6 Å². The number of anilines is 2. The molecule has 0 aliphatic carbocycles. The molecule has 2 rings (SSSR count). The number of nitrogens with zero attached hydrogens (tertiary/aromatic N) is 1. The third-order valence-corrected chi connectivity index (χ3v) is 3.23. The second-order valence-corrected chi connectivity index (χ2v) is 5.03. The van der Waals surface area contributed by atoms with E-state index < -0.39 is 0 Å². The van der Waals surface area contributed by atoms with Crippen LogP contribution in [0.2, 0.25) is 0 Å². The lowest BCUT2D eigenvalue weighted by Gasteiger charge is -2.05. The number of aromatic nitrogens is 1. The molecule has 2 amide bonds. The molecule has 104 valence electrons. The van der Waals surface area contributed by atoms with Gasteiger partial charge in [-0.15, -0.1) is 11.3 Å². The van der Waals surface area contributed by atoms with Crippen LogP contribution >= 0.6 is 11.3 Å². The molecule has 6 nitrogen and oxygen atoms in total. The lowest BCUT2D eigenvalue weighted by molar-refractivity contribution is -0.114. The van der Waals surface area contributed by atoms with Gasteiger partial charge in [-0.25, -0.2) is 4.98 Å². The van der Waals surface area contributed by atoms with Gasteiger partial charge in [-0.1, -0.05) is 0 Å². The maximum atomic E-state index is 12.0. The Morgan fingerprint density at radius 2 is 2.05 bits per heavy atom. The molecule has 0 atom stereocenters. The third kappa shape index (κ3) is 3.33. The first-order valence-electron chi connectivity index (χ1n) is 5.80. The van der Waals surface area contributed by atoms with Gasteiger partial charge in [-0.05, 0) is 30.7 Å². The molecule has 0 saturated heterocycles. The van der Waals surface area contributed by atoms with E-state index in [1.807, 2.05) is 0 Å². The van der Waals surface area contributed by atoms with Crippen LogP contribution in [0.15, 0.2) is 23.6 Å². The van der Waals surface area contributed by atoms with Crippen LogP contribution in [0.1, 0.15) is 23.0 Å². The van der Waals surface area contributed by atoms with Gasteiger partial charge in [0.05, 0.1) is 0 Å². The van der Waals surface area contributed by atoms with E-state index >= 15 is 0 Å². The first kappa shape index (κ1) is 14.0. The minimum atomic E-state index is -0.372. The number of amides is 2. The largest absolute Gasteiger partial charge is 0.508 e. The van der Waals surface area contributed by atoms with E-state index in [0.29, 0.717) is 16.4 Å². The number of benzene rings is 1. The number of aromatic hydroxyl groups is 1. The van der Waals surface area contributed by atoms with Crippen molar-refractivity contribution in [2.24, 2.45) is 0 Å². The Bertz CT molecular complexity index is 667. The number of phenolic OH excluding ortho intramolecular Hbond substituents is 1. The van der Waals surface area contributed by atoms with Crippen LogP contribution in [0.5, 0.6) is 5.75 Å². The number of carbonyl (C=O) groups is 2. The van der Waals surface area contributed by atoms with E-state index in [1.165, 1.54) is 24.3 Å². The Hall–Kier alpha value is -2.41. The molecule has 0 spiro atoms. The van der Waals surface area contributed by atoms with Crippen LogP contribution < -0.4 is 10.6 Å². The lowest BCUT2D eigenvalue weighted by atomic mass is 10.2. The summed E-state index contributed by atoms with van der Waals surface area (Å²) in [5, 5.41) is 16.6. The van der Waals surface area contributed by atoms with Gasteiger partial charge in [0.15, 0.2) is 5.13 Å². The third-order valence-electron chi connectivity index (χ3n) is 2.47. The van der Waals surface area contributed by atoms with Gasteiger partial charge in [0.1, 0.15) is 11.4 Å². The molecule has 0 fully saturated rings. The molecule has 1 aromatic heterocycles. The highest BCUT2D eigenvalue weighted by Crippen LogP contribution is 2.21. The summed E-state index contributed by atoms with van der Waals surface area (Å²) in [5.41, 5.74) is 1.46. The van der Waals surface area contributed by atoms with Crippen LogP contribution in [0.3, 0.4) is 0 Å². The summed E-state index contributed by atoms with van der Waals surface area (Å²) in [7, 11) is 0. The highest BCUT2D eigenvalue weighted by molar-refractivity contribution is 7.14. The second-order valence-electron chi connectivity index (χ2n) is 4.17. The average molecular weight is 291 g/mol. The molecule has 0 radical (unpaired) electrons. The number of carbonyl (C=O) groups excluding carboxylic acids is 2. The molecule has 1 heterocycles. The number of hydrogen-bond acceptors (Lipinski definition) is 5.